The summed E-state index contributed by atoms with van der Waals surface area (Å²) in [5.74, 6) is 1.31. The van der Waals surface area contributed by atoms with E-state index in [1.54, 1.807) is 11.3 Å². The molecule has 4 rings (SSSR count). The first kappa shape index (κ1) is 12.4. The van der Waals surface area contributed by atoms with Crippen LogP contribution < -0.4 is 4.74 Å². The van der Waals surface area contributed by atoms with Gasteiger partial charge in [0.25, 0.3) is 0 Å². The molecule has 2 atom stereocenters. The van der Waals surface area contributed by atoms with E-state index in [2.05, 4.69) is 12.1 Å². The average Bonchev–Trinajstić information content (AvgIpc) is 2.92. The Morgan fingerprint density at radius 3 is 3.05 bits per heavy atom. The minimum absolute atomic E-state index is 0.322. The van der Waals surface area contributed by atoms with Crippen molar-refractivity contribution in [2.75, 3.05) is 6.61 Å². The van der Waals surface area contributed by atoms with Gasteiger partial charge >= 0.3 is 0 Å². The summed E-state index contributed by atoms with van der Waals surface area (Å²) < 4.78 is 5.73. The Bertz CT molecular complexity index is 637. The molecule has 0 saturated heterocycles. The first-order chi connectivity index (χ1) is 9.83. The van der Waals surface area contributed by atoms with Crippen LogP contribution in [0.15, 0.2) is 24.3 Å². The van der Waals surface area contributed by atoms with Gasteiger partial charge in [0.1, 0.15) is 10.8 Å². The number of aromatic nitrogens is 1. The smallest absolute Gasteiger partial charge is 0.123 e. The second-order valence-corrected chi connectivity index (χ2v) is 6.61. The van der Waals surface area contributed by atoms with Gasteiger partial charge in [-0.05, 0) is 31.7 Å². The fourth-order valence-electron chi connectivity index (χ4n) is 3.16. The van der Waals surface area contributed by atoms with E-state index in [9.17, 15) is 5.11 Å². The molecule has 2 aromatic rings. The SMILES string of the molecule is OC1CCCc2sc(C3CCOc4ccccc43)nc21. The van der Waals surface area contributed by atoms with Crippen LogP contribution >= 0.6 is 11.3 Å². The predicted octanol–water partition coefficient (Wildman–Crippen LogP) is 3.43. The quantitative estimate of drug-likeness (QED) is 0.874. The van der Waals surface area contributed by atoms with Gasteiger partial charge in [0.15, 0.2) is 0 Å². The van der Waals surface area contributed by atoms with Crippen LogP contribution in [0.1, 0.15) is 52.4 Å². The number of fused-ring (bicyclic) bond motifs is 2. The molecular weight excluding hydrogens is 270 g/mol. The molecular formula is C16H17NO2S. The molecule has 4 heteroatoms. The minimum atomic E-state index is -0.362. The number of thiazole rings is 1. The van der Waals surface area contributed by atoms with E-state index in [1.807, 2.05) is 12.1 Å². The van der Waals surface area contributed by atoms with Gasteiger partial charge < -0.3 is 9.84 Å². The minimum Gasteiger partial charge on any atom is -0.493 e. The molecule has 0 fully saturated rings. The van der Waals surface area contributed by atoms with Crippen molar-refractivity contribution >= 4 is 11.3 Å². The Hall–Kier alpha value is -1.39. The van der Waals surface area contributed by atoms with Crippen molar-refractivity contribution in [1.29, 1.82) is 0 Å². The third-order valence-corrected chi connectivity index (χ3v) is 5.44. The Morgan fingerprint density at radius 1 is 1.25 bits per heavy atom. The van der Waals surface area contributed by atoms with Crippen molar-refractivity contribution in [2.24, 2.45) is 0 Å². The third kappa shape index (κ3) is 1.95. The van der Waals surface area contributed by atoms with E-state index < -0.39 is 0 Å². The van der Waals surface area contributed by atoms with Crippen LogP contribution in [-0.2, 0) is 6.42 Å². The summed E-state index contributed by atoms with van der Waals surface area (Å²) in [7, 11) is 0. The molecule has 1 aromatic heterocycles. The number of benzene rings is 1. The lowest BCUT2D eigenvalue weighted by atomic mass is 9.93. The zero-order valence-corrected chi connectivity index (χ0v) is 12.0. The molecule has 20 heavy (non-hydrogen) atoms. The molecule has 0 radical (unpaired) electrons. The fraction of sp³-hybridized carbons (Fsp3) is 0.438. The normalized spacial score (nSPS) is 24.6. The molecule has 1 aliphatic heterocycles. The summed E-state index contributed by atoms with van der Waals surface area (Å²) in [6, 6.07) is 8.24. The van der Waals surface area contributed by atoms with E-state index in [0.29, 0.717) is 5.92 Å². The lowest BCUT2D eigenvalue weighted by molar-refractivity contribution is 0.152. The fourth-order valence-corrected chi connectivity index (χ4v) is 4.48. The molecule has 1 aliphatic carbocycles. The topological polar surface area (TPSA) is 42.4 Å². The Kier molecular flexibility index (Phi) is 3.00. The number of nitrogens with zero attached hydrogens (tertiary/aromatic N) is 1. The van der Waals surface area contributed by atoms with Crippen molar-refractivity contribution in [3.05, 3.63) is 45.4 Å². The van der Waals surface area contributed by atoms with E-state index in [-0.39, 0.29) is 6.10 Å². The zero-order valence-electron chi connectivity index (χ0n) is 11.2. The number of aliphatic hydroxyl groups is 1. The van der Waals surface area contributed by atoms with Crippen LogP contribution in [0.5, 0.6) is 5.75 Å². The van der Waals surface area contributed by atoms with Gasteiger partial charge in [-0.1, -0.05) is 18.2 Å². The highest BCUT2D eigenvalue weighted by atomic mass is 32.1. The van der Waals surface area contributed by atoms with Gasteiger partial charge in [-0.25, -0.2) is 4.98 Å². The van der Waals surface area contributed by atoms with Crippen molar-refractivity contribution in [2.45, 2.75) is 37.7 Å². The maximum absolute atomic E-state index is 10.1. The van der Waals surface area contributed by atoms with E-state index in [0.717, 1.165) is 48.7 Å². The molecule has 0 saturated carbocycles. The van der Waals surface area contributed by atoms with Crippen molar-refractivity contribution in [3.63, 3.8) is 0 Å². The highest BCUT2D eigenvalue weighted by Crippen LogP contribution is 2.42. The lowest BCUT2D eigenvalue weighted by Crippen LogP contribution is -2.15. The molecule has 0 spiro atoms. The zero-order chi connectivity index (χ0) is 13.5. The first-order valence-electron chi connectivity index (χ1n) is 7.22. The van der Waals surface area contributed by atoms with E-state index >= 15 is 0 Å². The van der Waals surface area contributed by atoms with Gasteiger partial charge in [-0.3, -0.25) is 0 Å². The number of hydrogen-bond donors (Lipinski definition) is 1. The van der Waals surface area contributed by atoms with Crippen molar-refractivity contribution < 1.29 is 9.84 Å². The lowest BCUT2D eigenvalue weighted by Gasteiger charge is -2.24. The number of para-hydroxylation sites is 1. The molecule has 3 nitrogen and oxygen atoms in total. The van der Waals surface area contributed by atoms with E-state index in [4.69, 9.17) is 9.72 Å². The Labute approximate surface area is 122 Å². The van der Waals surface area contributed by atoms with Crippen LogP contribution in [0, 0.1) is 0 Å². The van der Waals surface area contributed by atoms with Crippen LogP contribution in [-0.4, -0.2) is 16.7 Å². The Balaban J connectivity index is 1.76. The standard InChI is InChI=1S/C16H17NO2S/c18-12-5-3-7-14-15(12)17-16(20-14)11-8-9-19-13-6-2-1-4-10(11)13/h1-2,4,6,11-12,18H,3,5,7-9H2. The second-order valence-electron chi connectivity index (χ2n) is 5.50. The summed E-state index contributed by atoms with van der Waals surface area (Å²) in [5.41, 5.74) is 2.17. The molecule has 1 N–H and O–H groups in total. The van der Waals surface area contributed by atoms with E-state index in [1.165, 1.54) is 10.4 Å². The highest BCUT2D eigenvalue weighted by molar-refractivity contribution is 7.11. The summed E-state index contributed by atoms with van der Waals surface area (Å²) in [6.07, 6.45) is 3.59. The molecule has 2 aliphatic rings. The van der Waals surface area contributed by atoms with Crippen molar-refractivity contribution in [1.82, 2.24) is 4.98 Å². The number of ether oxygens (including phenoxy) is 1. The second kappa shape index (κ2) is 4.86. The Morgan fingerprint density at radius 2 is 2.15 bits per heavy atom. The van der Waals surface area contributed by atoms with Crippen LogP contribution in [0.3, 0.4) is 0 Å². The summed E-state index contributed by atoms with van der Waals surface area (Å²) >= 11 is 1.78. The van der Waals surface area contributed by atoms with Crippen LogP contribution in [0.4, 0.5) is 0 Å². The van der Waals surface area contributed by atoms with Gasteiger partial charge in [0, 0.05) is 16.4 Å². The number of hydrogen-bond acceptors (Lipinski definition) is 4. The third-order valence-electron chi connectivity index (χ3n) is 4.20. The number of rotatable bonds is 1. The molecule has 2 heterocycles. The van der Waals surface area contributed by atoms with Gasteiger partial charge in [0.05, 0.1) is 18.4 Å². The van der Waals surface area contributed by atoms with Gasteiger partial charge in [-0.15, -0.1) is 11.3 Å². The van der Waals surface area contributed by atoms with Crippen molar-refractivity contribution in [3.8, 4) is 5.75 Å². The summed E-state index contributed by atoms with van der Waals surface area (Å²) in [5, 5.41) is 11.2. The molecule has 0 amide bonds. The molecule has 104 valence electrons. The monoisotopic (exact) mass is 287 g/mol. The van der Waals surface area contributed by atoms with Gasteiger partial charge in [-0.2, -0.15) is 0 Å². The van der Waals surface area contributed by atoms with Gasteiger partial charge in [0.2, 0.25) is 0 Å². The maximum atomic E-state index is 10.1. The number of aliphatic hydroxyl groups excluding tert-OH is 1. The van der Waals surface area contributed by atoms with Crippen LogP contribution in [0.2, 0.25) is 0 Å². The molecule has 0 bridgehead atoms. The highest BCUT2D eigenvalue weighted by Gasteiger charge is 2.29. The molecule has 2 unspecified atom stereocenters. The number of aryl methyl sites for hydroxylation is 1. The molecule has 1 aromatic carbocycles. The predicted molar refractivity (Wildman–Crippen MR) is 78.4 cm³/mol. The van der Waals surface area contributed by atoms with Crippen LogP contribution in [0.25, 0.3) is 0 Å². The summed E-state index contributed by atoms with van der Waals surface area (Å²) in [6.45, 7) is 0.745. The average molecular weight is 287 g/mol. The summed E-state index contributed by atoms with van der Waals surface area (Å²) in [4.78, 5) is 6.05. The maximum Gasteiger partial charge on any atom is 0.123 e. The first-order valence-corrected chi connectivity index (χ1v) is 8.04. The largest absolute Gasteiger partial charge is 0.493 e.